The smallest absolute Gasteiger partial charge is 0.254 e. The number of nitrogen functional groups attached to an aromatic ring is 1. The number of hydrogen-bond acceptors (Lipinski definition) is 2. The molecule has 0 aliphatic heterocycles. The van der Waals surface area contributed by atoms with E-state index in [-0.39, 0.29) is 11.7 Å². The highest BCUT2D eigenvalue weighted by molar-refractivity contribution is 5.95. The molecule has 110 valence electrons. The molecule has 3 nitrogen and oxygen atoms in total. The topological polar surface area (TPSA) is 46.3 Å². The number of anilines is 1. The minimum Gasteiger partial charge on any atom is -0.398 e. The zero-order valence-electron chi connectivity index (χ0n) is 12.3. The fourth-order valence-electron chi connectivity index (χ4n) is 2.25. The molecular weight excluding hydrogens is 267 g/mol. The molecule has 2 N–H and O–H groups in total. The zero-order chi connectivity index (χ0) is 15.4. The van der Waals surface area contributed by atoms with Crippen molar-refractivity contribution in [2.24, 2.45) is 0 Å². The van der Waals surface area contributed by atoms with Crippen LogP contribution in [0.2, 0.25) is 0 Å². The maximum Gasteiger partial charge on any atom is 0.254 e. The number of carbonyl (C=O) groups is 1. The van der Waals surface area contributed by atoms with Crippen molar-refractivity contribution in [3.63, 3.8) is 0 Å². The summed E-state index contributed by atoms with van der Waals surface area (Å²) in [6.45, 7) is 4.65. The van der Waals surface area contributed by atoms with Crippen LogP contribution in [0.25, 0.3) is 0 Å². The second-order valence-electron chi connectivity index (χ2n) is 4.98. The Morgan fingerprint density at radius 3 is 2.57 bits per heavy atom. The number of carbonyl (C=O) groups excluding carboxylic acids is 1. The molecule has 0 spiro atoms. The lowest BCUT2D eigenvalue weighted by Gasteiger charge is -2.22. The molecule has 0 heterocycles. The van der Waals surface area contributed by atoms with Gasteiger partial charge in [-0.2, -0.15) is 0 Å². The minimum absolute atomic E-state index is 0.113. The molecule has 0 saturated carbocycles. The van der Waals surface area contributed by atoms with Gasteiger partial charge >= 0.3 is 0 Å². The summed E-state index contributed by atoms with van der Waals surface area (Å²) in [6.07, 6.45) is 0. The summed E-state index contributed by atoms with van der Waals surface area (Å²) in [7, 11) is 0. The maximum absolute atomic E-state index is 13.2. The molecule has 0 aromatic heterocycles. The summed E-state index contributed by atoms with van der Waals surface area (Å²) < 4.78 is 13.2. The average molecular weight is 286 g/mol. The molecule has 2 aromatic rings. The average Bonchev–Trinajstić information content (AvgIpc) is 2.46. The van der Waals surface area contributed by atoms with Crippen molar-refractivity contribution in [2.45, 2.75) is 20.4 Å². The van der Waals surface area contributed by atoms with Gasteiger partial charge in [-0.3, -0.25) is 4.79 Å². The van der Waals surface area contributed by atoms with Crippen LogP contribution in [0.4, 0.5) is 10.1 Å². The van der Waals surface area contributed by atoms with Gasteiger partial charge in [0.2, 0.25) is 0 Å². The first-order chi connectivity index (χ1) is 10.0. The second-order valence-corrected chi connectivity index (χ2v) is 4.98. The fourth-order valence-corrected chi connectivity index (χ4v) is 2.25. The molecule has 0 aliphatic carbocycles. The Labute approximate surface area is 124 Å². The van der Waals surface area contributed by atoms with Gasteiger partial charge in [0.25, 0.3) is 5.91 Å². The van der Waals surface area contributed by atoms with Crippen LogP contribution in [0, 0.1) is 12.7 Å². The van der Waals surface area contributed by atoms with E-state index in [9.17, 15) is 9.18 Å². The second kappa shape index (κ2) is 6.39. The van der Waals surface area contributed by atoms with Gasteiger partial charge in [-0.05, 0) is 49.2 Å². The van der Waals surface area contributed by atoms with Crippen LogP contribution in [0.5, 0.6) is 0 Å². The summed E-state index contributed by atoms with van der Waals surface area (Å²) in [4.78, 5) is 14.3. The van der Waals surface area contributed by atoms with Crippen LogP contribution < -0.4 is 5.73 Å². The third-order valence-electron chi connectivity index (χ3n) is 3.50. The Balaban J connectivity index is 2.25. The largest absolute Gasteiger partial charge is 0.398 e. The van der Waals surface area contributed by atoms with Crippen LogP contribution in [0.15, 0.2) is 42.5 Å². The maximum atomic E-state index is 13.2. The summed E-state index contributed by atoms with van der Waals surface area (Å²) in [5.74, 6) is -0.447. The number of nitrogens with zero attached hydrogens (tertiary/aromatic N) is 1. The van der Waals surface area contributed by atoms with E-state index in [1.807, 2.05) is 31.2 Å². The minimum atomic E-state index is -0.334. The first-order valence-electron chi connectivity index (χ1n) is 6.91. The van der Waals surface area contributed by atoms with Gasteiger partial charge in [0.15, 0.2) is 0 Å². The van der Waals surface area contributed by atoms with Gasteiger partial charge in [0.05, 0.1) is 0 Å². The number of hydrogen-bond donors (Lipinski definition) is 1. The van der Waals surface area contributed by atoms with Gasteiger partial charge in [-0.1, -0.05) is 18.2 Å². The normalized spacial score (nSPS) is 10.4. The molecule has 21 heavy (non-hydrogen) atoms. The number of aryl methyl sites for hydroxylation is 1. The summed E-state index contributed by atoms with van der Waals surface area (Å²) in [5.41, 5.74) is 8.66. The van der Waals surface area contributed by atoms with Crippen LogP contribution in [0.1, 0.15) is 28.4 Å². The molecule has 1 amide bonds. The molecule has 0 radical (unpaired) electrons. The molecule has 0 atom stereocenters. The van der Waals surface area contributed by atoms with Gasteiger partial charge in [-0.15, -0.1) is 0 Å². The highest BCUT2D eigenvalue weighted by Crippen LogP contribution is 2.17. The summed E-state index contributed by atoms with van der Waals surface area (Å²) >= 11 is 0. The fraction of sp³-hybridized carbons (Fsp3) is 0.235. The van der Waals surface area contributed by atoms with E-state index in [0.29, 0.717) is 29.9 Å². The Hall–Kier alpha value is -2.36. The van der Waals surface area contributed by atoms with Crippen molar-refractivity contribution in [3.05, 3.63) is 65.0 Å². The van der Waals surface area contributed by atoms with Crippen molar-refractivity contribution in [2.75, 3.05) is 12.3 Å². The lowest BCUT2D eigenvalue weighted by Crippen LogP contribution is -2.31. The molecule has 2 aromatic carbocycles. The Kier molecular flexibility index (Phi) is 4.58. The Morgan fingerprint density at radius 2 is 1.95 bits per heavy atom. The molecule has 4 heteroatoms. The summed E-state index contributed by atoms with van der Waals surface area (Å²) in [6, 6.07) is 11.7. The third kappa shape index (κ3) is 3.40. The number of para-hydroxylation sites is 1. The third-order valence-corrected chi connectivity index (χ3v) is 3.50. The lowest BCUT2D eigenvalue weighted by atomic mass is 10.1. The van der Waals surface area contributed by atoms with Gasteiger partial charge < -0.3 is 10.6 Å². The molecule has 0 fully saturated rings. The van der Waals surface area contributed by atoms with E-state index >= 15 is 0 Å². The Morgan fingerprint density at radius 1 is 1.24 bits per heavy atom. The molecule has 2 rings (SSSR count). The van der Waals surface area contributed by atoms with Crippen LogP contribution >= 0.6 is 0 Å². The van der Waals surface area contributed by atoms with E-state index in [1.165, 1.54) is 18.2 Å². The number of nitrogens with two attached hydrogens (primary N) is 1. The van der Waals surface area contributed by atoms with Gasteiger partial charge in [0.1, 0.15) is 5.82 Å². The molecule has 0 bridgehead atoms. The first kappa shape index (κ1) is 15.0. The molecule has 0 aliphatic rings. The monoisotopic (exact) mass is 286 g/mol. The van der Waals surface area contributed by atoms with E-state index in [4.69, 9.17) is 5.73 Å². The predicted molar refractivity (Wildman–Crippen MR) is 82.4 cm³/mol. The highest BCUT2D eigenvalue weighted by Gasteiger charge is 2.17. The van der Waals surface area contributed by atoms with Gasteiger partial charge in [0, 0.05) is 24.3 Å². The van der Waals surface area contributed by atoms with Crippen molar-refractivity contribution >= 4 is 11.6 Å². The lowest BCUT2D eigenvalue weighted by molar-refractivity contribution is 0.0752. The molecule has 0 unspecified atom stereocenters. The first-order valence-corrected chi connectivity index (χ1v) is 6.91. The quantitative estimate of drug-likeness (QED) is 0.876. The van der Waals surface area contributed by atoms with E-state index < -0.39 is 0 Å². The van der Waals surface area contributed by atoms with Crippen LogP contribution in [-0.4, -0.2) is 17.4 Å². The van der Waals surface area contributed by atoms with E-state index in [2.05, 4.69) is 0 Å². The predicted octanol–water partition coefficient (Wildman–Crippen LogP) is 3.38. The standard InChI is InChI=1S/C17H19FN2O/c1-3-20(11-13-6-4-5-7-16(13)19)17(21)15-9-8-14(18)10-12(15)2/h4-10H,3,11,19H2,1-2H3. The van der Waals surface area contributed by atoms with Crippen molar-refractivity contribution in [3.8, 4) is 0 Å². The number of rotatable bonds is 4. The van der Waals surface area contributed by atoms with Crippen LogP contribution in [0.3, 0.4) is 0 Å². The van der Waals surface area contributed by atoms with Crippen molar-refractivity contribution in [1.29, 1.82) is 0 Å². The van der Waals surface area contributed by atoms with Crippen molar-refractivity contribution in [1.82, 2.24) is 4.90 Å². The SMILES string of the molecule is CCN(Cc1ccccc1N)C(=O)c1ccc(F)cc1C. The molecular formula is C17H19FN2O. The number of halogens is 1. The van der Waals surface area contributed by atoms with Crippen LogP contribution in [-0.2, 0) is 6.54 Å². The number of amides is 1. The zero-order valence-corrected chi connectivity index (χ0v) is 12.3. The number of benzene rings is 2. The van der Waals surface area contributed by atoms with E-state index in [0.717, 1.165) is 5.56 Å². The van der Waals surface area contributed by atoms with E-state index in [1.54, 1.807) is 11.8 Å². The summed E-state index contributed by atoms with van der Waals surface area (Å²) in [5, 5.41) is 0. The highest BCUT2D eigenvalue weighted by atomic mass is 19.1. The van der Waals surface area contributed by atoms with Crippen molar-refractivity contribution < 1.29 is 9.18 Å². The molecule has 0 saturated heterocycles. The van der Waals surface area contributed by atoms with Gasteiger partial charge in [-0.25, -0.2) is 4.39 Å². The Bertz CT molecular complexity index is 655.